The molecule has 0 unspecified atom stereocenters. The van der Waals surface area contributed by atoms with Crippen LogP contribution in [0.25, 0.3) is 0 Å². The van der Waals surface area contributed by atoms with E-state index in [2.05, 4.69) is 14.4 Å². The Bertz CT molecular complexity index is 1080. The highest BCUT2D eigenvalue weighted by Crippen LogP contribution is 2.26. The Morgan fingerprint density at radius 3 is 2.44 bits per heavy atom. The van der Waals surface area contributed by atoms with Crippen molar-refractivity contribution in [2.45, 2.75) is 22.6 Å². The number of methoxy groups -OCH3 is 1. The Morgan fingerprint density at radius 1 is 0.963 bits per heavy atom. The molecule has 0 atom stereocenters. The number of ether oxygens (including phenoxy) is 1. The first-order valence-electron chi connectivity index (χ1n) is 8.14. The zero-order valence-corrected chi connectivity index (χ0v) is 16.2. The Labute approximate surface area is 158 Å². The molecule has 2 aromatic carbocycles. The van der Waals surface area contributed by atoms with E-state index in [-0.39, 0.29) is 21.2 Å². The topological polar surface area (TPSA) is 114 Å². The minimum absolute atomic E-state index is 0.0424. The number of para-hydroxylation sites is 1. The van der Waals surface area contributed by atoms with Crippen LogP contribution < -0.4 is 14.2 Å². The molecule has 8 nitrogen and oxygen atoms in total. The SMILES string of the molecule is COc1ccccc1S(=O)(=O)Nc1cccc(S(=O)(=O)NC2=NCCC2)c1. The monoisotopic (exact) mass is 409 g/mol. The van der Waals surface area contributed by atoms with Crippen molar-refractivity contribution in [2.24, 2.45) is 4.99 Å². The van der Waals surface area contributed by atoms with Gasteiger partial charge in [-0.15, -0.1) is 0 Å². The van der Waals surface area contributed by atoms with E-state index in [0.717, 1.165) is 6.42 Å². The van der Waals surface area contributed by atoms with Crippen LogP contribution in [0.1, 0.15) is 12.8 Å². The highest BCUT2D eigenvalue weighted by atomic mass is 32.2. The Morgan fingerprint density at radius 2 is 1.74 bits per heavy atom. The van der Waals surface area contributed by atoms with Crippen LogP contribution in [-0.4, -0.2) is 36.3 Å². The van der Waals surface area contributed by atoms with Crippen LogP contribution >= 0.6 is 0 Å². The van der Waals surface area contributed by atoms with Crippen LogP contribution in [0.2, 0.25) is 0 Å². The molecule has 144 valence electrons. The molecule has 10 heteroatoms. The fourth-order valence-electron chi connectivity index (χ4n) is 2.61. The Kier molecular flexibility index (Phi) is 5.38. The molecule has 3 rings (SSSR count). The van der Waals surface area contributed by atoms with Crippen molar-refractivity contribution in [3.8, 4) is 5.75 Å². The van der Waals surface area contributed by atoms with Gasteiger partial charge in [-0.1, -0.05) is 18.2 Å². The summed E-state index contributed by atoms with van der Waals surface area (Å²) in [6.45, 7) is 0.594. The zero-order chi connectivity index (χ0) is 19.5. The van der Waals surface area contributed by atoms with Crippen LogP contribution in [0.5, 0.6) is 5.75 Å². The van der Waals surface area contributed by atoms with E-state index in [1.165, 1.54) is 43.5 Å². The van der Waals surface area contributed by atoms with Gasteiger partial charge in [-0.3, -0.25) is 14.4 Å². The molecule has 0 bridgehead atoms. The molecule has 2 aromatic rings. The lowest BCUT2D eigenvalue weighted by Crippen LogP contribution is -2.29. The van der Waals surface area contributed by atoms with E-state index in [0.29, 0.717) is 18.8 Å². The van der Waals surface area contributed by atoms with Crippen molar-refractivity contribution in [1.29, 1.82) is 0 Å². The van der Waals surface area contributed by atoms with E-state index < -0.39 is 20.0 Å². The molecule has 0 aliphatic carbocycles. The summed E-state index contributed by atoms with van der Waals surface area (Å²) in [5.74, 6) is 0.602. The van der Waals surface area contributed by atoms with Crippen molar-refractivity contribution in [3.63, 3.8) is 0 Å². The summed E-state index contributed by atoms with van der Waals surface area (Å²) in [6, 6.07) is 11.7. The summed E-state index contributed by atoms with van der Waals surface area (Å²) in [5.41, 5.74) is 0.122. The van der Waals surface area contributed by atoms with Gasteiger partial charge in [0.25, 0.3) is 20.0 Å². The highest BCUT2D eigenvalue weighted by molar-refractivity contribution is 7.93. The Hall–Kier alpha value is -2.59. The second kappa shape index (κ2) is 7.57. The van der Waals surface area contributed by atoms with Gasteiger partial charge in [0.05, 0.1) is 17.7 Å². The smallest absolute Gasteiger partial charge is 0.265 e. The van der Waals surface area contributed by atoms with E-state index in [4.69, 9.17) is 4.74 Å². The summed E-state index contributed by atoms with van der Waals surface area (Å²) in [6.07, 6.45) is 1.37. The first-order chi connectivity index (χ1) is 12.8. The van der Waals surface area contributed by atoms with Gasteiger partial charge < -0.3 is 4.74 Å². The molecule has 0 saturated heterocycles. The fourth-order valence-corrected chi connectivity index (χ4v) is 4.97. The van der Waals surface area contributed by atoms with Gasteiger partial charge in [-0.25, -0.2) is 16.8 Å². The number of nitrogens with zero attached hydrogens (tertiary/aromatic N) is 1. The standard InChI is InChI=1S/C17H19N3O5S2/c1-25-15-8-2-3-9-16(15)27(23,24)19-13-6-4-7-14(12-13)26(21,22)20-17-10-5-11-18-17/h2-4,6-9,12,19H,5,10-11H2,1H3,(H,18,20). The molecule has 0 radical (unpaired) electrons. The summed E-state index contributed by atoms with van der Waals surface area (Å²) in [5, 5.41) is 0. The average molecular weight is 409 g/mol. The molecule has 1 heterocycles. The van der Waals surface area contributed by atoms with E-state index in [1.807, 2.05) is 0 Å². The lowest BCUT2D eigenvalue weighted by atomic mass is 10.3. The number of nitrogens with one attached hydrogen (secondary N) is 2. The number of benzene rings is 2. The van der Waals surface area contributed by atoms with Crippen LogP contribution in [0.15, 0.2) is 63.3 Å². The lowest BCUT2D eigenvalue weighted by molar-refractivity contribution is 0.403. The third-order valence-corrected chi connectivity index (χ3v) is 6.68. The maximum atomic E-state index is 12.6. The first-order valence-corrected chi connectivity index (χ1v) is 11.1. The van der Waals surface area contributed by atoms with E-state index in [1.54, 1.807) is 12.1 Å². The van der Waals surface area contributed by atoms with Crippen LogP contribution in [0.4, 0.5) is 5.69 Å². The normalized spacial score (nSPS) is 14.5. The quantitative estimate of drug-likeness (QED) is 0.757. The number of amidine groups is 1. The minimum atomic E-state index is -3.95. The number of anilines is 1. The van der Waals surface area contributed by atoms with E-state index in [9.17, 15) is 16.8 Å². The van der Waals surface area contributed by atoms with Crippen molar-refractivity contribution >= 4 is 31.6 Å². The number of hydrogen-bond donors (Lipinski definition) is 2. The largest absolute Gasteiger partial charge is 0.495 e. The summed E-state index contributed by atoms with van der Waals surface area (Å²) < 4.78 is 60.2. The zero-order valence-electron chi connectivity index (χ0n) is 14.5. The molecule has 1 aliphatic rings. The number of hydrogen-bond acceptors (Lipinski definition) is 6. The summed E-state index contributed by atoms with van der Waals surface area (Å²) >= 11 is 0. The molecule has 0 amide bonds. The summed E-state index contributed by atoms with van der Waals surface area (Å²) in [4.78, 5) is 3.99. The van der Waals surface area contributed by atoms with Crippen molar-refractivity contribution in [2.75, 3.05) is 18.4 Å². The predicted molar refractivity (Wildman–Crippen MR) is 102 cm³/mol. The molecule has 0 fully saturated rings. The van der Waals surface area contributed by atoms with Gasteiger partial charge >= 0.3 is 0 Å². The molecule has 1 aliphatic heterocycles. The molecule has 0 aromatic heterocycles. The first kappa shape index (κ1) is 19.2. The third-order valence-electron chi connectivity index (χ3n) is 3.88. The van der Waals surface area contributed by atoms with Gasteiger partial charge in [0.2, 0.25) is 0 Å². The van der Waals surface area contributed by atoms with Crippen molar-refractivity contribution < 1.29 is 21.6 Å². The maximum Gasteiger partial charge on any atom is 0.265 e. The number of rotatable bonds is 6. The fraction of sp³-hybridized carbons (Fsp3) is 0.235. The van der Waals surface area contributed by atoms with Crippen LogP contribution in [0, 0.1) is 0 Å². The maximum absolute atomic E-state index is 12.6. The van der Waals surface area contributed by atoms with Gasteiger partial charge in [0, 0.05) is 13.0 Å². The number of sulfonamides is 2. The van der Waals surface area contributed by atoms with Gasteiger partial charge in [0.1, 0.15) is 16.5 Å². The second-order valence-electron chi connectivity index (χ2n) is 5.82. The average Bonchev–Trinajstić information content (AvgIpc) is 3.14. The molecule has 2 N–H and O–H groups in total. The molecule has 0 saturated carbocycles. The molecule has 0 spiro atoms. The second-order valence-corrected chi connectivity index (χ2v) is 9.15. The third kappa shape index (κ3) is 4.40. The van der Waals surface area contributed by atoms with Crippen LogP contribution in [-0.2, 0) is 20.0 Å². The van der Waals surface area contributed by atoms with Crippen molar-refractivity contribution in [1.82, 2.24) is 4.72 Å². The van der Waals surface area contributed by atoms with Crippen molar-refractivity contribution in [3.05, 3.63) is 48.5 Å². The van der Waals surface area contributed by atoms with E-state index >= 15 is 0 Å². The lowest BCUT2D eigenvalue weighted by Gasteiger charge is -2.13. The molecular formula is C17H19N3O5S2. The Balaban J connectivity index is 1.87. The minimum Gasteiger partial charge on any atom is -0.495 e. The summed E-state index contributed by atoms with van der Waals surface area (Å²) in [7, 11) is -6.42. The van der Waals surface area contributed by atoms with Gasteiger partial charge in [0.15, 0.2) is 0 Å². The van der Waals surface area contributed by atoms with Gasteiger partial charge in [-0.05, 0) is 36.8 Å². The highest BCUT2D eigenvalue weighted by Gasteiger charge is 2.22. The molecular weight excluding hydrogens is 390 g/mol. The van der Waals surface area contributed by atoms with Crippen LogP contribution in [0.3, 0.4) is 0 Å². The number of aliphatic imine (C=N–C) groups is 1. The van der Waals surface area contributed by atoms with Gasteiger partial charge in [-0.2, -0.15) is 0 Å². The predicted octanol–water partition coefficient (Wildman–Crippen LogP) is 1.97. The molecule has 27 heavy (non-hydrogen) atoms.